The summed E-state index contributed by atoms with van der Waals surface area (Å²) in [4.78, 5) is 7.86. The minimum Gasteiger partial charge on any atom is -0.421 e. The molecule has 0 unspecified atom stereocenters. The van der Waals surface area contributed by atoms with Crippen LogP contribution in [0.3, 0.4) is 0 Å². The van der Waals surface area contributed by atoms with Crippen LogP contribution in [-0.4, -0.2) is 16.2 Å². The van der Waals surface area contributed by atoms with Crippen LogP contribution < -0.4 is 4.74 Å². The van der Waals surface area contributed by atoms with Crippen molar-refractivity contribution in [2.24, 2.45) is 0 Å². The highest BCUT2D eigenvalue weighted by atomic mass is 32.2. The van der Waals surface area contributed by atoms with E-state index in [0.29, 0.717) is 5.03 Å². The minimum atomic E-state index is -0.789. The van der Waals surface area contributed by atoms with E-state index in [1.54, 1.807) is 6.07 Å². The van der Waals surface area contributed by atoms with Crippen molar-refractivity contribution >= 4 is 11.8 Å². The summed E-state index contributed by atoms with van der Waals surface area (Å²) in [7, 11) is 0. The van der Waals surface area contributed by atoms with E-state index < -0.39 is 11.6 Å². The van der Waals surface area contributed by atoms with Gasteiger partial charge in [0.15, 0.2) is 11.6 Å². The Morgan fingerprint density at radius 1 is 1.24 bits per heavy atom. The largest absolute Gasteiger partial charge is 0.421 e. The first-order chi connectivity index (χ1) is 8.19. The van der Waals surface area contributed by atoms with Gasteiger partial charge in [0.1, 0.15) is 10.8 Å². The van der Waals surface area contributed by atoms with Gasteiger partial charge in [0.2, 0.25) is 0 Å². The summed E-state index contributed by atoms with van der Waals surface area (Å²) in [6.07, 6.45) is 3.36. The van der Waals surface area contributed by atoms with Crippen molar-refractivity contribution < 1.29 is 13.5 Å². The highest BCUT2D eigenvalue weighted by Crippen LogP contribution is 2.23. The molecule has 0 atom stereocenters. The number of aromatic nitrogens is 2. The molecular formula is C11H8F2N2OS. The van der Waals surface area contributed by atoms with E-state index in [0.717, 1.165) is 12.1 Å². The normalized spacial score (nSPS) is 10.3. The molecule has 0 aliphatic rings. The van der Waals surface area contributed by atoms with Crippen molar-refractivity contribution in [2.75, 3.05) is 6.26 Å². The van der Waals surface area contributed by atoms with Crippen molar-refractivity contribution in [1.29, 1.82) is 0 Å². The molecule has 1 heterocycles. The van der Waals surface area contributed by atoms with Gasteiger partial charge in [-0.15, -0.1) is 11.8 Å². The molecular weight excluding hydrogens is 246 g/mol. The summed E-state index contributed by atoms with van der Waals surface area (Å²) in [5.74, 6) is -1.55. The van der Waals surface area contributed by atoms with Gasteiger partial charge in [0.05, 0.1) is 0 Å². The molecule has 6 heteroatoms. The lowest BCUT2D eigenvalue weighted by Crippen LogP contribution is -1.94. The fourth-order valence-corrected chi connectivity index (χ4v) is 1.51. The highest BCUT2D eigenvalue weighted by Gasteiger charge is 2.08. The number of ether oxygens (including phenoxy) is 1. The minimum absolute atomic E-state index is 0.0300. The van der Waals surface area contributed by atoms with Gasteiger partial charge in [-0.25, -0.2) is 13.8 Å². The number of thioether (sulfide) groups is 1. The second kappa shape index (κ2) is 5.09. The molecule has 1 aromatic carbocycles. The van der Waals surface area contributed by atoms with E-state index >= 15 is 0 Å². The standard InChI is InChI=1S/C11H8F2N2OS/c1-17-10-4-5-14-11(15-10)16-9-3-2-7(12)6-8(9)13/h2-6H,1H3. The average Bonchev–Trinajstić information content (AvgIpc) is 2.33. The number of benzene rings is 1. The van der Waals surface area contributed by atoms with Gasteiger partial charge in [-0.05, 0) is 24.5 Å². The van der Waals surface area contributed by atoms with E-state index in [9.17, 15) is 8.78 Å². The summed E-state index contributed by atoms with van der Waals surface area (Å²) in [6, 6.07) is 4.78. The molecule has 0 bridgehead atoms. The summed E-state index contributed by atoms with van der Waals surface area (Å²) in [6.45, 7) is 0. The molecule has 2 aromatic rings. The van der Waals surface area contributed by atoms with Gasteiger partial charge in [0.25, 0.3) is 0 Å². The summed E-state index contributed by atoms with van der Waals surface area (Å²) in [5.41, 5.74) is 0. The third-order valence-electron chi connectivity index (χ3n) is 1.91. The predicted molar refractivity (Wildman–Crippen MR) is 60.2 cm³/mol. The van der Waals surface area contributed by atoms with Crippen LogP contribution in [0.4, 0.5) is 8.78 Å². The molecule has 3 nitrogen and oxygen atoms in total. The van der Waals surface area contributed by atoms with Crippen molar-refractivity contribution in [1.82, 2.24) is 9.97 Å². The molecule has 88 valence electrons. The van der Waals surface area contributed by atoms with Gasteiger partial charge in [-0.1, -0.05) is 0 Å². The van der Waals surface area contributed by atoms with E-state index in [1.807, 2.05) is 6.26 Å². The quantitative estimate of drug-likeness (QED) is 0.622. The molecule has 0 aliphatic carbocycles. The predicted octanol–water partition coefficient (Wildman–Crippen LogP) is 3.27. The van der Waals surface area contributed by atoms with Gasteiger partial charge in [0, 0.05) is 12.3 Å². The first kappa shape index (κ1) is 11.8. The Morgan fingerprint density at radius 2 is 2.06 bits per heavy atom. The zero-order chi connectivity index (χ0) is 12.3. The van der Waals surface area contributed by atoms with E-state index in [-0.39, 0.29) is 11.8 Å². The Kier molecular flexibility index (Phi) is 3.53. The van der Waals surface area contributed by atoms with Gasteiger partial charge < -0.3 is 4.74 Å². The van der Waals surface area contributed by atoms with Crippen LogP contribution in [0.2, 0.25) is 0 Å². The summed E-state index contributed by atoms with van der Waals surface area (Å²) >= 11 is 1.42. The van der Waals surface area contributed by atoms with Crippen LogP contribution in [0, 0.1) is 11.6 Å². The lowest BCUT2D eigenvalue weighted by atomic mass is 10.3. The highest BCUT2D eigenvalue weighted by molar-refractivity contribution is 7.98. The van der Waals surface area contributed by atoms with Crippen LogP contribution in [0.1, 0.15) is 0 Å². The third kappa shape index (κ3) is 2.91. The first-order valence-corrected chi connectivity index (χ1v) is 5.91. The van der Waals surface area contributed by atoms with Crippen LogP contribution in [0.15, 0.2) is 35.5 Å². The number of halogens is 2. The lowest BCUT2D eigenvalue weighted by Gasteiger charge is -2.05. The van der Waals surface area contributed by atoms with Crippen molar-refractivity contribution in [3.8, 4) is 11.8 Å². The van der Waals surface area contributed by atoms with Gasteiger partial charge in [-0.2, -0.15) is 4.98 Å². The molecule has 0 saturated heterocycles. The smallest absolute Gasteiger partial charge is 0.323 e. The topological polar surface area (TPSA) is 35.0 Å². The third-order valence-corrected chi connectivity index (χ3v) is 2.56. The Morgan fingerprint density at radius 3 is 2.76 bits per heavy atom. The molecule has 0 amide bonds. The van der Waals surface area contributed by atoms with E-state index in [1.165, 1.54) is 24.0 Å². The molecule has 0 N–H and O–H groups in total. The second-order valence-corrected chi connectivity index (χ2v) is 3.88. The van der Waals surface area contributed by atoms with Crippen LogP contribution in [-0.2, 0) is 0 Å². The van der Waals surface area contributed by atoms with Crippen molar-refractivity contribution in [3.63, 3.8) is 0 Å². The van der Waals surface area contributed by atoms with E-state index in [2.05, 4.69) is 9.97 Å². The maximum atomic E-state index is 13.3. The van der Waals surface area contributed by atoms with Crippen molar-refractivity contribution in [2.45, 2.75) is 5.03 Å². The Labute approximate surface area is 101 Å². The first-order valence-electron chi connectivity index (χ1n) is 4.69. The SMILES string of the molecule is CSc1ccnc(Oc2ccc(F)cc2F)n1. The van der Waals surface area contributed by atoms with Crippen LogP contribution in [0.5, 0.6) is 11.8 Å². The Hall–Kier alpha value is -1.69. The van der Waals surface area contributed by atoms with Gasteiger partial charge >= 0.3 is 6.01 Å². The monoisotopic (exact) mass is 254 g/mol. The number of nitrogens with zero attached hydrogens (tertiary/aromatic N) is 2. The number of rotatable bonds is 3. The zero-order valence-corrected chi connectivity index (χ0v) is 9.67. The van der Waals surface area contributed by atoms with Gasteiger partial charge in [-0.3, -0.25) is 0 Å². The summed E-state index contributed by atoms with van der Waals surface area (Å²) in [5, 5.41) is 0.706. The number of hydrogen-bond donors (Lipinski definition) is 0. The molecule has 0 fully saturated rings. The average molecular weight is 254 g/mol. The molecule has 0 saturated carbocycles. The zero-order valence-electron chi connectivity index (χ0n) is 8.85. The maximum Gasteiger partial charge on any atom is 0.323 e. The van der Waals surface area contributed by atoms with E-state index in [4.69, 9.17) is 4.74 Å². The second-order valence-electron chi connectivity index (χ2n) is 3.06. The maximum absolute atomic E-state index is 13.3. The molecule has 1 aromatic heterocycles. The fourth-order valence-electron chi connectivity index (χ4n) is 1.14. The van der Waals surface area contributed by atoms with Crippen LogP contribution in [0.25, 0.3) is 0 Å². The Balaban J connectivity index is 2.25. The molecule has 17 heavy (non-hydrogen) atoms. The number of hydrogen-bond acceptors (Lipinski definition) is 4. The summed E-state index contributed by atoms with van der Waals surface area (Å²) < 4.78 is 31.1. The molecule has 0 radical (unpaired) electrons. The molecule has 2 rings (SSSR count). The molecule has 0 spiro atoms. The lowest BCUT2D eigenvalue weighted by molar-refractivity contribution is 0.404. The Bertz CT molecular complexity index is 537. The van der Waals surface area contributed by atoms with Crippen LogP contribution >= 0.6 is 11.8 Å². The molecule has 0 aliphatic heterocycles. The fraction of sp³-hybridized carbons (Fsp3) is 0.0909. The van der Waals surface area contributed by atoms with Crippen molar-refractivity contribution in [3.05, 3.63) is 42.1 Å².